The number of nitrogens with one attached hydrogen (secondary N) is 1. The van der Waals surface area contributed by atoms with Crippen LogP contribution >= 0.6 is 0 Å². The van der Waals surface area contributed by atoms with Gasteiger partial charge in [-0.2, -0.15) is 5.26 Å². The fraction of sp³-hybridized carbons (Fsp3) is 0.133. The van der Waals surface area contributed by atoms with Crippen molar-refractivity contribution in [1.29, 1.82) is 5.26 Å². The molecule has 0 aliphatic carbocycles. The van der Waals surface area contributed by atoms with Gasteiger partial charge in [-0.3, -0.25) is 0 Å². The van der Waals surface area contributed by atoms with E-state index in [0.717, 1.165) is 17.8 Å². The lowest BCUT2D eigenvalue weighted by Gasteiger charge is -2.10. The molecule has 0 saturated heterocycles. The Kier molecular flexibility index (Phi) is 3.49. The summed E-state index contributed by atoms with van der Waals surface area (Å²) in [5, 5.41) is 12.0. The van der Waals surface area contributed by atoms with E-state index >= 15 is 0 Å². The summed E-state index contributed by atoms with van der Waals surface area (Å²) in [6.45, 7) is 2.12. The number of benzene rings is 2. The first-order valence-electron chi connectivity index (χ1n) is 5.88. The molecule has 3 nitrogen and oxygen atoms in total. The Morgan fingerprint density at radius 3 is 2.72 bits per heavy atom. The topological polar surface area (TPSA) is 61.8 Å². The summed E-state index contributed by atoms with van der Waals surface area (Å²) in [4.78, 5) is 0. The van der Waals surface area contributed by atoms with Gasteiger partial charge in [0.05, 0.1) is 23.0 Å². The van der Waals surface area contributed by atoms with E-state index in [4.69, 9.17) is 11.0 Å². The molecule has 0 bridgehead atoms. The summed E-state index contributed by atoms with van der Waals surface area (Å²) < 4.78 is 0. The molecule has 0 aliphatic heterocycles. The van der Waals surface area contributed by atoms with Crippen LogP contribution in [0.1, 0.15) is 18.1 Å². The second-order valence-electron chi connectivity index (χ2n) is 4.09. The second-order valence-corrected chi connectivity index (χ2v) is 4.09. The van der Waals surface area contributed by atoms with E-state index < -0.39 is 0 Å². The van der Waals surface area contributed by atoms with Gasteiger partial charge < -0.3 is 11.1 Å². The highest BCUT2D eigenvalue weighted by molar-refractivity contribution is 5.74. The number of aryl methyl sites for hydroxylation is 1. The highest BCUT2D eigenvalue weighted by atomic mass is 14.9. The van der Waals surface area contributed by atoms with Crippen LogP contribution in [0.2, 0.25) is 0 Å². The zero-order valence-electron chi connectivity index (χ0n) is 10.3. The molecule has 3 N–H and O–H groups in total. The number of rotatable bonds is 3. The van der Waals surface area contributed by atoms with Gasteiger partial charge in [0.15, 0.2) is 0 Å². The normalized spacial score (nSPS) is 9.78. The lowest BCUT2D eigenvalue weighted by Crippen LogP contribution is -1.97. The van der Waals surface area contributed by atoms with Crippen molar-refractivity contribution in [2.75, 3.05) is 11.1 Å². The minimum absolute atomic E-state index is 0.570. The van der Waals surface area contributed by atoms with Crippen molar-refractivity contribution in [3.63, 3.8) is 0 Å². The maximum Gasteiger partial charge on any atom is 0.0992 e. The maximum atomic E-state index is 8.79. The minimum Gasteiger partial charge on any atom is -0.397 e. The standard InChI is InChI=1S/C15H15N3/c1-2-11-4-3-5-13(8-11)18-15-7-6-12(10-16)9-14(15)17/h3-9,18H,2,17H2,1H3. The third-order valence-electron chi connectivity index (χ3n) is 2.79. The Hall–Kier alpha value is -2.47. The fourth-order valence-electron chi connectivity index (χ4n) is 1.77. The average molecular weight is 237 g/mol. The van der Waals surface area contributed by atoms with Crippen molar-refractivity contribution < 1.29 is 0 Å². The van der Waals surface area contributed by atoms with Crippen LogP contribution in [0.5, 0.6) is 0 Å². The predicted molar refractivity (Wildman–Crippen MR) is 74.7 cm³/mol. The Morgan fingerprint density at radius 2 is 2.06 bits per heavy atom. The SMILES string of the molecule is CCc1cccc(Nc2ccc(C#N)cc2N)c1. The van der Waals surface area contributed by atoms with E-state index in [1.54, 1.807) is 12.1 Å². The molecule has 0 heterocycles. The summed E-state index contributed by atoms with van der Waals surface area (Å²) in [7, 11) is 0. The first kappa shape index (κ1) is 12.0. The average Bonchev–Trinajstić information content (AvgIpc) is 2.41. The molecule has 2 aromatic carbocycles. The minimum atomic E-state index is 0.570. The summed E-state index contributed by atoms with van der Waals surface area (Å²) in [6, 6.07) is 15.5. The van der Waals surface area contributed by atoms with Gasteiger partial charge in [0.2, 0.25) is 0 Å². The molecule has 0 fully saturated rings. The van der Waals surface area contributed by atoms with Gasteiger partial charge in [0, 0.05) is 5.69 Å². The first-order chi connectivity index (χ1) is 8.72. The molecule has 0 radical (unpaired) electrons. The van der Waals surface area contributed by atoms with Crippen LogP contribution in [0.3, 0.4) is 0 Å². The largest absolute Gasteiger partial charge is 0.397 e. The molecule has 0 unspecified atom stereocenters. The fourth-order valence-corrected chi connectivity index (χ4v) is 1.77. The van der Waals surface area contributed by atoms with Gasteiger partial charge in [-0.05, 0) is 42.3 Å². The van der Waals surface area contributed by atoms with Gasteiger partial charge in [0.25, 0.3) is 0 Å². The molecule has 90 valence electrons. The molecular weight excluding hydrogens is 222 g/mol. The quantitative estimate of drug-likeness (QED) is 0.804. The van der Waals surface area contributed by atoms with Crippen molar-refractivity contribution in [3.05, 3.63) is 53.6 Å². The molecule has 2 aromatic rings. The highest BCUT2D eigenvalue weighted by Crippen LogP contribution is 2.24. The maximum absolute atomic E-state index is 8.79. The van der Waals surface area contributed by atoms with Gasteiger partial charge in [0.1, 0.15) is 0 Å². The molecule has 0 atom stereocenters. The molecule has 0 amide bonds. The molecule has 18 heavy (non-hydrogen) atoms. The summed E-state index contributed by atoms with van der Waals surface area (Å²) in [5.74, 6) is 0. The van der Waals surface area contributed by atoms with Crippen LogP contribution in [0.25, 0.3) is 0 Å². The molecule has 3 heteroatoms. The smallest absolute Gasteiger partial charge is 0.0992 e. The summed E-state index contributed by atoms with van der Waals surface area (Å²) >= 11 is 0. The zero-order chi connectivity index (χ0) is 13.0. The van der Waals surface area contributed by atoms with Crippen molar-refractivity contribution >= 4 is 17.1 Å². The summed E-state index contributed by atoms with van der Waals surface area (Å²) in [5.41, 5.74) is 10.1. The van der Waals surface area contributed by atoms with Crippen LogP contribution in [-0.4, -0.2) is 0 Å². The van der Waals surface area contributed by atoms with E-state index in [2.05, 4.69) is 30.4 Å². The van der Waals surface area contributed by atoms with Gasteiger partial charge >= 0.3 is 0 Å². The van der Waals surface area contributed by atoms with Gasteiger partial charge in [-0.15, -0.1) is 0 Å². The van der Waals surface area contributed by atoms with Crippen LogP contribution in [0.15, 0.2) is 42.5 Å². The Labute approximate surface area is 107 Å². The van der Waals surface area contributed by atoms with Crippen LogP contribution < -0.4 is 11.1 Å². The number of nitrogens with zero attached hydrogens (tertiary/aromatic N) is 1. The summed E-state index contributed by atoms with van der Waals surface area (Å²) in [6.07, 6.45) is 0.998. The van der Waals surface area contributed by atoms with Crippen molar-refractivity contribution in [2.24, 2.45) is 0 Å². The first-order valence-corrected chi connectivity index (χ1v) is 5.88. The van der Waals surface area contributed by atoms with Crippen molar-refractivity contribution in [1.82, 2.24) is 0 Å². The number of nitrogen functional groups attached to an aromatic ring is 1. The number of nitriles is 1. The Morgan fingerprint density at radius 1 is 1.22 bits per heavy atom. The Balaban J connectivity index is 2.26. The van der Waals surface area contributed by atoms with E-state index in [1.807, 2.05) is 18.2 Å². The molecule has 0 aliphatic rings. The van der Waals surface area contributed by atoms with E-state index in [0.29, 0.717) is 11.3 Å². The zero-order valence-corrected chi connectivity index (χ0v) is 10.3. The van der Waals surface area contributed by atoms with Crippen molar-refractivity contribution in [3.8, 4) is 6.07 Å². The highest BCUT2D eigenvalue weighted by Gasteiger charge is 2.01. The number of nitrogens with two attached hydrogens (primary N) is 1. The molecule has 2 rings (SSSR count). The van der Waals surface area contributed by atoms with Gasteiger partial charge in [-0.1, -0.05) is 19.1 Å². The lowest BCUT2D eigenvalue weighted by atomic mass is 10.1. The lowest BCUT2D eigenvalue weighted by molar-refractivity contribution is 1.14. The number of hydrogen-bond donors (Lipinski definition) is 2. The third-order valence-corrected chi connectivity index (χ3v) is 2.79. The Bertz CT molecular complexity index is 597. The predicted octanol–water partition coefficient (Wildman–Crippen LogP) is 3.45. The second kappa shape index (κ2) is 5.24. The molecule has 0 aromatic heterocycles. The van der Waals surface area contributed by atoms with E-state index in [9.17, 15) is 0 Å². The van der Waals surface area contributed by atoms with Crippen molar-refractivity contribution in [2.45, 2.75) is 13.3 Å². The number of hydrogen-bond acceptors (Lipinski definition) is 3. The van der Waals surface area contributed by atoms with E-state index in [-0.39, 0.29) is 0 Å². The van der Waals surface area contributed by atoms with Gasteiger partial charge in [-0.25, -0.2) is 0 Å². The van der Waals surface area contributed by atoms with Crippen LogP contribution in [0, 0.1) is 11.3 Å². The van der Waals surface area contributed by atoms with Crippen LogP contribution in [0.4, 0.5) is 17.1 Å². The molecule has 0 spiro atoms. The molecular formula is C15H15N3. The molecule has 0 saturated carbocycles. The number of anilines is 3. The monoisotopic (exact) mass is 237 g/mol. The third kappa shape index (κ3) is 2.61. The van der Waals surface area contributed by atoms with E-state index in [1.165, 1.54) is 5.56 Å². The van der Waals surface area contributed by atoms with Crippen LogP contribution in [-0.2, 0) is 6.42 Å².